The number of alkyl halides is 3. The maximum absolute atomic E-state index is 12.8. The molecular formula is C23H24F3N. The van der Waals surface area contributed by atoms with Crippen molar-refractivity contribution in [1.82, 2.24) is 4.90 Å². The van der Waals surface area contributed by atoms with Crippen molar-refractivity contribution in [1.29, 1.82) is 0 Å². The molecule has 0 radical (unpaired) electrons. The summed E-state index contributed by atoms with van der Waals surface area (Å²) in [5.74, 6) is 0.657. The van der Waals surface area contributed by atoms with Gasteiger partial charge in [0, 0.05) is 12.1 Å². The average molecular weight is 371 g/mol. The number of rotatable bonds is 2. The highest BCUT2D eigenvalue weighted by Gasteiger charge is 2.41. The van der Waals surface area contributed by atoms with Gasteiger partial charge < -0.3 is 0 Å². The first-order valence-electron chi connectivity index (χ1n) is 10.1. The number of likely N-dealkylation sites (tertiary alicyclic amines) is 1. The lowest BCUT2D eigenvalue weighted by Crippen LogP contribution is -2.39. The Morgan fingerprint density at radius 1 is 0.815 bits per heavy atom. The van der Waals surface area contributed by atoms with Gasteiger partial charge in [-0.2, -0.15) is 13.2 Å². The third-order valence-electron chi connectivity index (χ3n) is 6.87. The van der Waals surface area contributed by atoms with Crippen LogP contribution in [0, 0.1) is 0 Å². The Kier molecular flexibility index (Phi) is 4.08. The van der Waals surface area contributed by atoms with E-state index in [2.05, 4.69) is 23.1 Å². The minimum absolute atomic E-state index is 0.497. The van der Waals surface area contributed by atoms with E-state index in [1.807, 2.05) is 0 Å². The molecule has 27 heavy (non-hydrogen) atoms. The molecule has 0 aromatic heterocycles. The first kappa shape index (κ1) is 17.3. The van der Waals surface area contributed by atoms with Crippen molar-refractivity contribution < 1.29 is 13.2 Å². The van der Waals surface area contributed by atoms with E-state index in [1.54, 1.807) is 12.1 Å². The van der Waals surface area contributed by atoms with E-state index >= 15 is 0 Å². The molecule has 1 heterocycles. The minimum atomic E-state index is -4.28. The van der Waals surface area contributed by atoms with Gasteiger partial charge in [-0.15, -0.1) is 0 Å². The van der Waals surface area contributed by atoms with Gasteiger partial charge in [-0.05, 0) is 78.6 Å². The SMILES string of the molecule is FC(F)(F)c1ccc(-c2ccc3c(c2)C2CC3CCN2C2CCCC2)cc1. The van der Waals surface area contributed by atoms with Crippen molar-refractivity contribution >= 4 is 0 Å². The van der Waals surface area contributed by atoms with Gasteiger partial charge in [0.25, 0.3) is 0 Å². The van der Waals surface area contributed by atoms with Crippen LogP contribution in [0.2, 0.25) is 0 Å². The first-order chi connectivity index (χ1) is 13.0. The van der Waals surface area contributed by atoms with Crippen LogP contribution >= 0.6 is 0 Å². The van der Waals surface area contributed by atoms with Crippen molar-refractivity contribution in [2.45, 2.75) is 62.7 Å². The molecule has 2 aromatic carbocycles. The Labute approximate surface area is 158 Å². The molecule has 0 amide bonds. The summed E-state index contributed by atoms with van der Waals surface area (Å²) in [6, 6.07) is 13.3. The van der Waals surface area contributed by atoms with Gasteiger partial charge in [-0.3, -0.25) is 4.90 Å². The highest BCUT2D eigenvalue weighted by molar-refractivity contribution is 5.66. The van der Waals surface area contributed by atoms with Crippen LogP contribution in [0.1, 0.15) is 67.2 Å². The third kappa shape index (κ3) is 2.98. The van der Waals surface area contributed by atoms with Crippen molar-refractivity contribution in [3.8, 4) is 11.1 Å². The molecule has 2 atom stereocenters. The van der Waals surface area contributed by atoms with Gasteiger partial charge in [0.1, 0.15) is 0 Å². The first-order valence-corrected chi connectivity index (χ1v) is 10.1. The van der Waals surface area contributed by atoms with Crippen LogP contribution in [0.25, 0.3) is 11.1 Å². The quantitative estimate of drug-likeness (QED) is 0.579. The number of hydrogen-bond acceptors (Lipinski definition) is 1. The predicted octanol–water partition coefficient (Wildman–Crippen LogP) is 6.55. The zero-order valence-electron chi connectivity index (χ0n) is 15.3. The maximum Gasteiger partial charge on any atom is 0.416 e. The molecule has 1 nitrogen and oxygen atoms in total. The summed E-state index contributed by atoms with van der Waals surface area (Å²) in [4.78, 5) is 2.73. The van der Waals surface area contributed by atoms with Gasteiger partial charge in [-0.25, -0.2) is 0 Å². The van der Waals surface area contributed by atoms with Gasteiger partial charge >= 0.3 is 6.18 Å². The molecule has 1 aliphatic heterocycles. The number of fused-ring (bicyclic) bond motifs is 5. The molecule has 2 unspecified atom stereocenters. The Hall–Kier alpha value is -1.81. The van der Waals surface area contributed by atoms with Crippen molar-refractivity contribution in [2.24, 2.45) is 0 Å². The number of hydrogen-bond donors (Lipinski definition) is 0. The third-order valence-corrected chi connectivity index (χ3v) is 6.87. The summed E-state index contributed by atoms with van der Waals surface area (Å²) in [5.41, 5.74) is 4.19. The molecular weight excluding hydrogens is 347 g/mol. The van der Waals surface area contributed by atoms with Crippen LogP contribution in [-0.4, -0.2) is 17.5 Å². The number of benzene rings is 2. The van der Waals surface area contributed by atoms with Crippen molar-refractivity contribution in [2.75, 3.05) is 6.54 Å². The largest absolute Gasteiger partial charge is 0.416 e. The Balaban J connectivity index is 1.47. The fourth-order valence-electron chi connectivity index (χ4n) is 5.51. The molecule has 4 heteroatoms. The predicted molar refractivity (Wildman–Crippen MR) is 101 cm³/mol. The molecule has 1 saturated carbocycles. The summed E-state index contributed by atoms with van der Waals surface area (Å²) in [5, 5.41) is 0. The second-order valence-corrected chi connectivity index (χ2v) is 8.33. The summed E-state index contributed by atoms with van der Waals surface area (Å²) in [6.07, 6.45) is 3.48. The number of nitrogens with zero attached hydrogens (tertiary/aromatic N) is 1. The van der Waals surface area contributed by atoms with Crippen molar-refractivity contribution in [3.63, 3.8) is 0 Å². The van der Waals surface area contributed by atoms with Crippen LogP contribution in [0.5, 0.6) is 0 Å². The van der Waals surface area contributed by atoms with E-state index in [9.17, 15) is 13.2 Å². The molecule has 2 bridgehead atoms. The summed E-state index contributed by atoms with van der Waals surface area (Å²) < 4.78 is 38.5. The highest BCUT2D eigenvalue weighted by atomic mass is 19.4. The van der Waals surface area contributed by atoms with E-state index in [-0.39, 0.29) is 0 Å². The van der Waals surface area contributed by atoms with Crippen LogP contribution in [0.3, 0.4) is 0 Å². The van der Waals surface area contributed by atoms with Gasteiger partial charge in [0.05, 0.1) is 5.56 Å². The standard InChI is InChI=1S/C23H24F3N/c24-23(25,26)18-8-5-15(6-9-18)16-7-10-20-17-11-12-27(19-3-1-2-4-19)22(14-17)21(20)13-16/h5-10,13,17,19,22H,1-4,11-12,14H2. The zero-order chi connectivity index (χ0) is 18.6. The molecule has 5 rings (SSSR count). The number of halogens is 3. The highest BCUT2D eigenvalue weighted by Crippen LogP contribution is 2.51. The van der Waals surface area contributed by atoms with Crippen LogP contribution in [-0.2, 0) is 6.18 Å². The average Bonchev–Trinajstić information content (AvgIpc) is 3.29. The minimum Gasteiger partial charge on any atom is -0.293 e. The lowest BCUT2D eigenvalue weighted by molar-refractivity contribution is -0.137. The molecule has 0 spiro atoms. The molecule has 142 valence electrons. The van der Waals surface area contributed by atoms with Crippen molar-refractivity contribution in [3.05, 3.63) is 59.2 Å². The normalized spacial score (nSPS) is 25.7. The molecule has 2 aliphatic carbocycles. The van der Waals surface area contributed by atoms with Gasteiger partial charge in [0.15, 0.2) is 0 Å². The van der Waals surface area contributed by atoms with E-state index in [0.29, 0.717) is 12.0 Å². The summed E-state index contributed by atoms with van der Waals surface area (Å²) >= 11 is 0. The van der Waals surface area contributed by atoms with E-state index in [0.717, 1.165) is 17.2 Å². The van der Waals surface area contributed by atoms with E-state index < -0.39 is 11.7 Å². The van der Waals surface area contributed by atoms with Crippen LogP contribution in [0.15, 0.2) is 42.5 Å². The summed E-state index contributed by atoms with van der Waals surface area (Å²) in [6.45, 7) is 1.18. The monoisotopic (exact) mass is 371 g/mol. The summed E-state index contributed by atoms with van der Waals surface area (Å²) in [7, 11) is 0. The molecule has 0 N–H and O–H groups in total. The second-order valence-electron chi connectivity index (χ2n) is 8.33. The fourth-order valence-corrected chi connectivity index (χ4v) is 5.51. The fraction of sp³-hybridized carbons (Fsp3) is 0.478. The molecule has 3 aliphatic rings. The van der Waals surface area contributed by atoms with E-state index in [1.165, 1.54) is 68.3 Å². The smallest absolute Gasteiger partial charge is 0.293 e. The van der Waals surface area contributed by atoms with Gasteiger partial charge in [-0.1, -0.05) is 37.1 Å². The zero-order valence-corrected chi connectivity index (χ0v) is 15.3. The van der Waals surface area contributed by atoms with E-state index in [4.69, 9.17) is 0 Å². The van der Waals surface area contributed by atoms with Gasteiger partial charge in [0.2, 0.25) is 0 Å². The van der Waals surface area contributed by atoms with Crippen LogP contribution < -0.4 is 0 Å². The molecule has 2 fully saturated rings. The topological polar surface area (TPSA) is 3.24 Å². The Morgan fingerprint density at radius 3 is 2.22 bits per heavy atom. The Morgan fingerprint density at radius 2 is 1.52 bits per heavy atom. The van der Waals surface area contributed by atoms with Crippen LogP contribution in [0.4, 0.5) is 13.2 Å². The Bertz CT molecular complexity index is 834. The second kappa shape index (κ2) is 6.37. The molecule has 1 saturated heterocycles. The number of piperidine rings is 1. The molecule has 2 aromatic rings. The lowest BCUT2D eigenvalue weighted by atomic mass is 9.94. The maximum atomic E-state index is 12.8. The lowest BCUT2D eigenvalue weighted by Gasteiger charge is -2.38.